The lowest BCUT2D eigenvalue weighted by Crippen LogP contribution is -2.31. The zero-order valence-electron chi connectivity index (χ0n) is 11.7. The summed E-state index contributed by atoms with van der Waals surface area (Å²) < 4.78 is 0. The van der Waals surface area contributed by atoms with E-state index in [1.807, 2.05) is 13.8 Å². The maximum atomic E-state index is 12.1. The van der Waals surface area contributed by atoms with Crippen LogP contribution >= 0.6 is 0 Å². The van der Waals surface area contributed by atoms with Crippen LogP contribution in [0.5, 0.6) is 0 Å². The van der Waals surface area contributed by atoms with Gasteiger partial charge in [-0.1, -0.05) is 13.8 Å². The summed E-state index contributed by atoms with van der Waals surface area (Å²) in [7, 11) is 0. The number of nitrogens with zero attached hydrogens (tertiary/aromatic N) is 2. The highest BCUT2D eigenvalue weighted by molar-refractivity contribution is 5.94. The molecule has 0 radical (unpaired) electrons. The van der Waals surface area contributed by atoms with Crippen LogP contribution in [-0.2, 0) is 6.54 Å². The molecule has 2 aromatic rings. The molecule has 2 heterocycles. The smallest absolute Gasteiger partial charge is 0.264 e. The van der Waals surface area contributed by atoms with Gasteiger partial charge in [0.15, 0.2) is 0 Å². The monoisotopic (exact) mass is 275 g/mol. The summed E-state index contributed by atoms with van der Waals surface area (Å²) in [4.78, 5) is 31.0. The van der Waals surface area contributed by atoms with Gasteiger partial charge in [0.05, 0.1) is 11.9 Å². The van der Waals surface area contributed by atoms with Crippen molar-refractivity contribution in [3.05, 3.63) is 45.4 Å². The molecule has 0 spiro atoms. The third-order valence-corrected chi connectivity index (χ3v) is 2.90. The molecule has 7 heteroatoms. The molecule has 2 rings (SSSR count). The molecule has 7 nitrogen and oxygen atoms in total. The number of aromatic nitrogens is 4. The lowest BCUT2D eigenvalue weighted by Gasteiger charge is -2.09. The number of amides is 1. The Morgan fingerprint density at radius 3 is 2.75 bits per heavy atom. The first-order chi connectivity index (χ1) is 9.49. The Morgan fingerprint density at radius 2 is 2.20 bits per heavy atom. The molecule has 0 saturated heterocycles. The Kier molecular flexibility index (Phi) is 3.97. The molecule has 0 unspecified atom stereocenters. The molecule has 0 fully saturated rings. The second-order valence-electron chi connectivity index (χ2n) is 4.86. The van der Waals surface area contributed by atoms with Crippen LogP contribution in [0.2, 0.25) is 0 Å². The minimum atomic E-state index is -0.437. The van der Waals surface area contributed by atoms with Gasteiger partial charge in [0.2, 0.25) is 0 Å². The van der Waals surface area contributed by atoms with E-state index in [2.05, 4.69) is 25.5 Å². The predicted octanol–water partition coefficient (Wildman–Crippen LogP) is 0.855. The molecular weight excluding hydrogens is 258 g/mol. The van der Waals surface area contributed by atoms with Gasteiger partial charge < -0.3 is 10.3 Å². The van der Waals surface area contributed by atoms with E-state index in [4.69, 9.17) is 0 Å². The number of aromatic amines is 2. The number of hydrogen-bond donors (Lipinski definition) is 3. The molecule has 0 aliphatic carbocycles. The Hall–Kier alpha value is -2.44. The number of aryl methyl sites for hydroxylation is 1. The predicted molar refractivity (Wildman–Crippen MR) is 73.4 cm³/mol. The average Bonchev–Trinajstić information content (AvgIpc) is 2.88. The van der Waals surface area contributed by atoms with Crippen LogP contribution in [0, 0.1) is 6.92 Å². The molecule has 3 N–H and O–H groups in total. The highest BCUT2D eigenvalue weighted by Gasteiger charge is 2.17. The molecule has 1 amide bonds. The topological polar surface area (TPSA) is 104 Å². The highest BCUT2D eigenvalue weighted by atomic mass is 16.2. The van der Waals surface area contributed by atoms with Crippen molar-refractivity contribution in [2.24, 2.45) is 0 Å². The van der Waals surface area contributed by atoms with Crippen LogP contribution in [-0.4, -0.2) is 26.1 Å². The summed E-state index contributed by atoms with van der Waals surface area (Å²) in [5.41, 5.74) is 0.908. The first-order valence-electron chi connectivity index (χ1n) is 6.35. The zero-order valence-corrected chi connectivity index (χ0v) is 11.7. The van der Waals surface area contributed by atoms with E-state index in [1.165, 1.54) is 0 Å². The van der Waals surface area contributed by atoms with Gasteiger partial charge in [-0.2, -0.15) is 5.10 Å². The third kappa shape index (κ3) is 2.93. The van der Waals surface area contributed by atoms with Crippen molar-refractivity contribution in [1.29, 1.82) is 0 Å². The maximum Gasteiger partial charge on any atom is 0.264 e. The minimum Gasteiger partial charge on any atom is -0.348 e. The normalized spacial score (nSPS) is 10.8. The Labute approximate surface area is 115 Å². The second kappa shape index (κ2) is 5.68. The highest BCUT2D eigenvalue weighted by Crippen LogP contribution is 2.08. The fourth-order valence-corrected chi connectivity index (χ4v) is 1.79. The Bertz CT molecular complexity index is 658. The van der Waals surface area contributed by atoms with Gasteiger partial charge in [-0.15, -0.1) is 0 Å². The first kappa shape index (κ1) is 14.0. The third-order valence-electron chi connectivity index (χ3n) is 2.90. The van der Waals surface area contributed by atoms with Gasteiger partial charge in [-0.3, -0.25) is 14.7 Å². The average molecular weight is 275 g/mol. The first-order valence-corrected chi connectivity index (χ1v) is 6.35. The van der Waals surface area contributed by atoms with E-state index in [-0.39, 0.29) is 11.5 Å². The zero-order chi connectivity index (χ0) is 14.7. The molecule has 20 heavy (non-hydrogen) atoms. The van der Waals surface area contributed by atoms with Gasteiger partial charge in [0.25, 0.3) is 11.5 Å². The second-order valence-corrected chi connectivity index (χ2v) is 4.86. The summed E-state index contributed by atoms with van der Waals surface area (Å²) in [6.07, 6.45) is 3.29. The van der Waals surface area contributed by atoms with E-state index in [0.29, 0.717) is 18.1 Å². The fraction of sp³-hybridized carbons (Fsp3) is 0.385. The summed E-state index contributed by atoms with van der Waals surface area (Å²) >= 11 is 0. The SMILES string of the molecule is Cc1nc(C(C)C)[nH]c(=O)c1C(=O)NCc1cn[nH]c1. The standard InChI is InChI=1S/C13H17N5O2/c1-7(2)11-17-8(3)10(13(20)18-11)12(19)14-4-9-5-15-16-6-9/h5-7H,4H2,1-3H3,(H,14,19)(H,15,16)(H,17,18,20). The number of carbonyl (C=O) groups is 1. The summed E-state index contributed by atoms with van der Waals surface area (Å²) in [5, 5.41) is 9.11. The molecule has 106 valence electrons. The van der Waals surface area contributed by atoms with E-state index in [0.717, 1.165) is 5.56 Å². The molecule has 0 bridgehead atoms. The van der Waals surface area contributed by atoms with Crippen molar-refractivity contribution in [3.63, 3.8) is 0 Å². The van der Waals surface area contributed by atoms with Crippen LogP contribution in [0.25, 0.3) is 0 Å². The summed E-state index contributed by atoms with van der Waals surface area (Å²) in [6.45, 7) is 5.82. The van der Waals surface area contributed by atoms with Crippen molar-refractivity contribution in [3.8, 4) is 0 Å². The fourth-order valence-electron chi connectivity index (χ4n) is 1.79. The number of nitrogens with one attached hydrogen (secondary N) is 3. The molecule has 0 atom stereocenters. The van der Waals surface area contributed by atoms with Crippen LogP contribution < -0.4 is 10.9 Å². The minimum absolute atomic E-state index is 0.0536. The molecule has 0 aliphatic rings. The molecular formula is C13H17N5O2. The lowest BCUT2D eigenvalue weighted by molar-refractivity contribution is 0.0948. The van der Waals surface area contributed by atoms with Crippen molar-refractivity contribution in [2.45, 2.75) is 33.2 Å². The van der Waals surface area contributed by atoms with Gasteiger partial charge in [-0.25, -0.2) is 4.98 Å². The number of carbonyl (C=O) groups excluding carboxylic acids is 1. The van der Waals surface area contributed by atoms with Crippen molar-refractivity contribution >= 4 is 5.91 Å². The molecule has 0 aromatic carbocycles. The molecule has 2 aromatic heterocycles. The van der Waals surface area contributed by atoms with Gasteiger partial charge in [0.1, 0.15) is 11.4 Å². The summed E-state index contributed by atoms with van der Waals surface area (Å²) in [6, 6.07) is 0. The van der Waals surface area contributed by atoms with Crippen LogP contribution in [0.1, 0.15) is 47.2 Å². The quantitative estimate of drug-likeness (QED) is 0.769. The Balaban J connectivity index is 2.20. The van der Waals surface area contributed by atoms with E-state index < -0.39 is 11.5 Å². The van der Waals surface area contributed by atoms with Gasteiger partial charge in [0, 0.05) is 24.2 Å². The van der Waals surface area contributed by atoms with Gasteiger partial charge >= 0.3 is 0 Å². The van der Waals surface area contributed by atoms with Gasteiger partial charge in [-0.05, 0) is 6.92 Å². The molecule has 0 aliphatic heterocycles. The van der Waals surface area contributed by atoms with Crippen molar-refractivity contribution in [1.82, 2.24) is 25.5 Å². The molecule has 0 saturated carbocycles. The van der Waals surface area contributed by atoms with E-state index in [1.54, 1.807) is 19.3 Å². The number of H-pyrrole nitrogens is 2. The van der Waals surface area contributed by atoms with E-state index in [9.17, 15) is 9.59 Å². The lowest BCUT2D eigenvalue weighted by atomic mass is 10.1. The van der Waals surface area contributed by atoms with E-state index >= 15 is 0 Å². The van der Waals surface area contributed by atoms with Crippen molar-refractivity contribution < 1.29 is 4.79 Å². The summed E-state index contributed by atoms with van der Waals surface area (Å²) in [5.74, 6) is 0.246. The number of rotatable bonds is 4. The van der Waals surface area contributed by atoms with Crippen LogP contribution in [0.4, 0.5) is 0 Å². The van der Waals surface area contributed by atoms with Crippen LogP contribution in [0.15, 0.2) is 17.2 Å². The number of hydrogen-bond acceptors (Lipinski definition) is 4. The maximum absolute atomic E-state index is 12.1. The largest absolute Gasteiger partial charge is 0.348 e. The van der Waals surface area contributed by atoms with Crippen LogP contribution in [0.3, 0.4) is 0 Å². The Morgan fingerprint density at radius 1 is 1.45 bits per heavy atom. The van der Waals surface area contributed by atoms with Crippen molar-refractivity contribution in [2.75, 3.05) is 0 Å².